The Morgan fingerprint density at radius 2 is 2.11 bits per heavy atom. The highest BCUT2D eigenvalue weighted by Crippen LogP contribution is 2.40. The first-order valence-corrected chi connectivity index (χ1v) is 6.50. The van der Waals surface area contributed by atoms with E-state index < -0.39 is 17.2 Å². The Morgan fingerprint density at radius 3 is 2.89 bits per heavy atom. The van der Waals surface area contributed by atoms with Gasteiger partial charge in [-0.2, -0.15) is 0 Å². The minimum absolute atomic E-state index is 0.246. The van der Waals surface area contributed by atoms with Crippen LogP contribution in [0.5, 0.6) is 0 Å². The van der Waals surface area contributed by atoms with Crippen LogP contribution in [0.15, 0.2) is 18.2 Å². The molecule has 4 heteroatoms. The minimum Gasteiger partial charge on any atom is -0.385 e. The molecule has 18 heavy (non-hydrogen) atoms. The number of aliphatic hydroxyl groups is 1. The summed E-state index contributed by atoms with van der Waals surface area (Å²) >= 11 is 0. The molecule has 2 fully saturated rings. The van der Waals surface area contributed by atoms with Crippen molar-refractivity contribution >= 4 is 0 Å². The fraction of sp³-hybridized carbons (Fsp3) is 0.571. The summed E-state index contributed by atoms with van der Waals surface area (Å²) in [5, 5.41) is 10.7. The maximum Gasteiger partial charge on any atom is 0.132 e. The van der Waals surface area contributed by atoms with E-state index in [4.69, 9.17) is 0 Å². The maximum atomic E-state index is 13.8. The monoisotopic (exact) mass is 253 g/mol. The summed E-state index contributed by atoms with van der Waals surface area (Å²) in [4.78, 5) is 2.36. The van der Waals surface area contributed by atoms with Gasteiger partial charge >= 0.3 is 0 Å². The molecule has 2 heterocycles. The van der Waals surface area contributed by atoms with Crippen LogP contribution in [-0.2, 0) is 5.60 Å². The predicted octanol–water partition coefficient (Wildman–Crippen LogP) is 2.41. The standard InChI is InChI=1S/C14H17F2NO/c15-10-3-4-12(13(16)8-10)14(18)5-7-17-6-1-2-11(17)9-14/h3-4,8,11,18H,1-2,5-7,9H2. The van der Waals surface area contributed by atoms with Crippen LogP contribution < -0.4 is 0 Å². The molecule has 1 N–H and O–H groups in total. The van der Waals surface area contributed by atoms with Crippen molar-refractivity contribution < 1.29 is 13.9 Å². The van der Waals surface area contributed by atoms with Crippen LogP contribution in [0, 0.1) is 11.6 Å². The largest absolute Gasteiger partial charge is 0.385 e. The summed E-state index contributed by atoms with van der Waals surface area (Å²) in [7, 11) is 0. The molecule has 2 aliphatic heterocycles. The van der Waals surface area contributed by atoms with E-state index >= 15 is 0 Å². The molecule has 1 aromatic carbocycles. The van der Waals surface area contributed by atoms with Gasteiger partial charge in [-0.25, -0.2) is 8.78 Å². The fourth-order valence-corrected chi connectivity index (χ4v) is 3.35. The Bertz CT molecular complexity index is 465. The van der Waals surface area contributed by atoms with Crippen LogP contribution in [0.1, 0.15) is 31.2 Å². The second-order valence-electron chi connectivity index (χ2n) is 5.44. The zero-order valence-electron chi connectivity index (χ0n) is 10.2. The van der Waals surface area contributed by atoms with Crippen LogP contribution in [0.4, 0.5) is 8.78 Å². The summed E-state index contributed by atoms with van der Waals surface area (Å²) in [6.45, 7) is 1.87. The number of hydrogen-bond acceptors (Lipinski definition) is 2. The minimum atomic E-state index is -1.14. The van der Waals surface area contributed by atoms with Crippen LogP contribution in [0.3, 0.4) is 0 Å². The number of piperidine rings is 1. The van der Waals surface area contributed by atoms with E-state index in [1.165, 1.54) is 12.1 Å². The predicted molar refractivity (Wildman–Crippen MR) is 64.1 cm³/mol. The third kappa shape index (κ3) is 1.93. The molecule has 2 unspecified atom stereocenters. The number of halogens is 2. The zero-order valence-corrected chi connectivity index (χ0v) is 10.2. The van der Waals surface area contributed by atoms with Gasteiger partial charge in [-0.15, -0.1) is 0 Å². The molecule has 2 saturated heterocycles. The zero-order chi connectivity index (χ0) is 12.8. The molecule has 0 spiro atoms. The molecular weight excluding hydrogens is 236 g/mol. The lowest BCUT2D eigenvalue weighted by molar-refractivity contribution is -0.0433. The van der Waals surface area contributed by atoms with Crippen molar-refractivity contribution in [1.82, 2.24) is 4.90 Å². The lowest BCUT2D eigenvalue weighted by Gasteiger charge is -2.41. The van der Waals surface area contributed by atoms with Gasteiger partial charge in [0, 0.05) is 24.2 Å². The molecule has 2 nitrogen and oxygen atoms in total. The van der Waals surface area contributed by atoms with Crippen LogP contribution in [0.25, 0.3) is 0 Å². The first-order chi connectivity index (χ1) is 8.58. The number of nitrogens with zero attached hydrogens (tertiary/aromatic N) is 1. The van der Waals surface area contributed by atoms with Gasteiger partial charge in [0.05, 0.1) is 5.60 Å². The molecule has 0 amide bonds. The number of rotatable bonds is 1. The molecule has 98 valence electrons. The van der Waals surface area contributed by atoms with Gasteiger partial charge in [0.1, 0.15) is 11.6 Å². The quantitative estimate of drug-likeness (QED) is 0.830. The van der Waals surface area contributed by atoms with Gasteiger partial charge in [-0.05, 0) is 38.3 Å². The van der Waals surface area contributed by atoms with Gasteiger partial charge in [0.2, 0.25) is 0 Å². The summed E-state index contributed by atoms with van der Waals surface area (Å²) in [6, 6.07) is 3.80. The van der Waals surface area contributed by atoms with E-state index in [0.29, 0.717) is 18.9 Å². The molecule has 2 atom stereocenters. The summed E-state index contributed by atoms with van der Waals surface area (Å²) in [6.07, 6.45) is 3.28. The molecule has 1 aromatic rings. The first-order valence-electron chi connectivity index (χ1n) is 6.50. The topological polar surface area (TPSA) is 23.5 Å². The van der Waals surface area contributed by atoms with E-state index in [2.05, 4.69) is 4.90 Å². The Hall–Kier alpha value is -1.00. The van der Waals surface area contributed by atoms with Crippen molar-refractivity contribution in [2.24, 2.45) is 0 Å². The highest BCUT2D eigenvalue weighted by molar-refractivity contribution is 5.26. The number of benzene rings is 1. The van der Waals surface area contributed by atoms with Crippen LogP contribution in [0.2, 0.25) is 0 Å². The lowest BCUT2D eigenvalue weighted by Crippen LogP contribution is -2.46. The van der Waals surface area contributed by atoms with Gasteiger partial charge < -0.3 is 10.0 Å². The second kappa shape index (κ2) is 4.28. The molecular formula is C14H17F2NO. The van der Waals surface area contributed by atoms with E-state index in [9.17, 15) is 13.9 Å². The van der Waals surface area contributed by atoms with Gasteiger partial charge in [-0.3, -0.25) is 0 Å². The number of hydrogen-bond donors (Lipinski definition) is 1. The Labute approximate surface area is 105 Å². The number of fused-ring (bicyclic) bond motifs is 1. The highest BCUT2D eigenvalue weighted by Gasteiger charge is 2.42. The molecule has 2 aliphatic rings. The molecule has 0 saturated carbocycles. The van der Waals surface area contributed by atoms with E-state index in [0.717, 1.165) is 32.0 Å². The molecule has 0 bridgehead atoms. The van der Waals surface area contributed by atoms with Crippen molar-refractivity contribution in [2.75, 3.05) is 13.1 Å². The smallest absolute Gasteiger partial charge is 0.132 e. The van der Waals surface area contributed by atoms with Crippen molar-refractivity contribution in [1.29, 1.82) is 0 Å². The molecule has 0 aromatic heterocycles. The van der Waals surface area contributed by atoms with Crippen LogP contribution >= 0.6 is 0 Å². The lowest BCUT2D eigenvalue weighted by atomic mass is 9.81. The summed E-state index contributed by atoms with van der Waals surface area (Å²) < 4.78 is 26.7. The van der Waals surface area contributed by atoms with Gasteiger partial charge in [0.15, 0.2) is 0 Å². The average molecular weight is 253 g/mol. The van der Waals surface area contributed by atoms with E-state index in [1.807, 2.05) is 0 Å². The summed E-state index contributed by atoms with van der Waals surface area (Å²) in [5.41, 5.74) is -0.890. The van der Waals surface area contributed by atoms with Crippen LogP contribution in [-0.4, -0.2) is 29.1 Å². The van der Waals surface area contributed by atoms with Crippen molar-refractivity contribution in [3.8, 4) is 0 Å². The van der Waals surface area contributed by atoms with Gasteiger partial charge in [0.25, 0.3) is 0 Å². The highest BCUT2D eigenvalue weighted by atomic mass is 19.1. The average Bonchev–Trinajstić information content (AvgIpc) is 2.75. The van der Waals surface area contributed by atoms with E-state index in [-0.39, 0.29) is 5.56 Å². The third-order valence-corrected chi connectivity index (χ3v) is 4.32. The molecule has 0 aliphatic carbocycles. The van der Waals surface area contributed by atoms with E-state index in [1.54, 1.807) is 0 Å². The summed E-state index contributed by atoms with van der Waals surface area (Å²) in [5.74, 6) is -1.23. The Kier molecular flexibility index (Phi) is 2.87. The van der Waals surface area contributed by atoms with Gasteiger partial charge in [-0.1, -0.05) is 6.07 Å². The van der Waals surface area contributed by atoms with Crippen molar-refractivity contribution in [2.45, 2.75) is 37.3 Å². The SMILES string of the molecule is OC1(c2ccc(F)cc2F)CCN2CCCC2C1. The first kappa shape index (κ1) is 12.1. The van der Waals surface area contributed by atoms with Crippen molar-refractivity contribution in [3.63, 3.8) is 0 Å². The normalized spacial score (nSPS) is 32.5. The Morgan fingerprint density at radius 1 is 1.28 bits per heavy atom. The second-order valence-corrected chi connectivity index (χ2v) is 5.44. The maximum absolute atomic E-state index is 13.8. The molecule has 0 radical (unpaired) electrons. The fourth-order valence-electron chi connectivity index (χ4n) is 3.35. The van der Waals surface area contributed by atoms with Crippen molar-refractivity contribution in [3.05, 3.63) is 35.4 Å². The third-order valence-electron chi connectivity index (χ3n) is 4.32. The Balaban J connectivity index is 1.90. The molecule has 3 rings (SSSR count).